The maximum absolute atomic E-state index is 14.9. The average Bonchev–Trinajstić information content (AvgIpc) is 3.81. The lowest BCUT2D eigenvalue weighted by Crippen LogP contribution is -2.50. The number of nitrogens with one attached hydrogen (secondary N) is 1. The van der Waals surface area contributed by atoms with Crippen molar-refractivity contribution in [3.8, 4) is 5.75 Å². The van der Waals surface area contributed by atoms with Crippen LogP contribution >= 0.6 is 0 Å². The molecule has 1 aliphatic rings. The first kappa shape index (κ1) is 67.7. The minimum atomic E-state index is -1.88. The summed E-state index contributed by atoms with van der Waals surface area (Å²) in [5.41, 5.74) is -3.36. The number of anilines is 1. The predicted molar refractivity (Wildman–Crippen MR) is 304 cm³/mol. The maximum Gasteiger partial charge on any atom is 0.318 e. The number of carboxylic acids is 3. The van der Waals surface area contributed by atoms with Crippen LogP contribution in [0.4, 0.5) is 5.69 Å². The number of ketones is 2. The van der Waals surface area contributed by atoms with Gasteiger partial charge in [-0.1, -0.05) is 105 Å². The van der Waals surface area contributed by atoms with E-state index in [0.29, 0.717) is 5.56 Å². The molecule has 0 aromatic heterocycles. The smallest absolute Gasteiger partial charge is 0.318 e. The normalized spacial score (nSPS) is 16.9. The van der Waals surface area contributed by atoms with Gasteiger partial charge in [0.1, 0.15) is 12.4 Å². The first-order valence-corrected chi connectivity index (χ1v) is 27.8. The zero-order valence-electron chi connectivity index (χ0n) is 50.1. The van der Waals surface area contributed by atoms with Gasteiger partial charge in [0.2, 0.25) is 0 Å². The fraction of sp³-hybridized carbons (Fsp3) is 0.540. The van der Waals surface area contributed by atoms with Gasteiger partial charge in [-0.3, -0.25) is 52.7 Å². The Balaban J connectivity index is 1.78. The lowest BCUT2D eigenvalue weighted by molar-refractivity contribution is -0.172. The molecule has 83 heavy (non-hydrogen) atoms. The van der Waals surface area contributed by atoms with Crippen molar-refractivity contribution < 1.29 is 87.0 Å². The Labute approximate surface area is 485 Å². The quantitative estimate of drug-likeness (QED) is 0.0117. The van der Waals surface area contributed by atoms with Crippen LogP contribution in [0.5, 0.6) is 5.75 Å². The molecule has 1 saturated heterocycles. The van der Waals surface area contributed by atoms with E-state index in [4.69, 9.17) is 18.9 Å². The lowest BCUT2D eigenvalue weighted by Gasteiger charge is -2.45. The number of rotatable bonds is 31. The first-order chi connectivity index (χ1) is 38.5. The average molecular weight is 1160 g/mol. The molecule has 20 heteroatoms. The number of hydrogen-bond donors (Lipinski definition) is 4. The second-order valence-electron chi connectivity index (χ2n) is 24.6. The standard InChI is InChI=1S/C63H82N2O18/c1-15-60(5,6)50(59(79)82-41-27-23-38(24-28-41)46(67)31-45(66)37-19-17-35(3)18-20-37)44(54(73)74)34-63(11,12)49(57(77)81-30-29-64-51(68)39-21-25-40(26-22-39)65(13)14)43(53(71)72)33-62(9,10)48(56(76)80-16-2)42(52(69)70)32-61(7,8)47-36(4)55(75)83-58(47)78/h17-28,36,42-44,47-50H,15-16,29-34H2,1-14H3,(H,64,68)(H,69,70)(H,71,72)(H,73,74). The summed E-state index contributed by atoms with van der Waals surface area (Å²) in [6.45, 7) is 17.7. The number of nitrogens with zero attached hydrogens (tertiary/aromatic N) is 1. The van der Waals surface area contributed by atoms with E-state index in [9.17, 15) is 68.1 Å². The van der Waals surface area contributed by atoms with Crippen molar-refractivity contribution in [1.29, 1.82) is 0 Å². The third kappa shape index (κ3) is 17.2. The van der Waals surface area contributed by atoms with Gasteiger partial charge in [-0.25, -0.2) is 0 Å². The Bertz CT molecular complexity index is 2880. The van der Waals surface area contributed by atoms with Gasteiger partial charge in [0.05, 0.1) is 66.9 Å². The molecule has 1 heterocycles. The molecule has 1 aliphatic heterocycles. The highest BCUT2D eigenvalue weighted by Gasteiger charge is 2.57. The first-order valence-electron chi connectivity index (χ1n) is 27.8. The topological polar surface area (TPSA) is 301 Å². The summed E-state index contributed by atoms with van der Waals surface area (Å²) in [5.74, 6) is -23.3. The largest absolute Gasteiger partial charge is 0.481 e. The summed E-state index contributed by atoms with van der Waals surface area (Å²) in [6, 6.07) is 18.8. The highest BCUT2D eigenvalue weighted by atomic mass is 16.6. The van der Waals surface area contributed by atoms with Crippen molar-refractivity contribution in [2.24, 2.45) is 69.0 Å². The molecule has 4 rings (SSSR count). The Morgan fingerprint density at radius 1 is 0.590 bits per heavy atom. The van der Waals surface area contributed by atoms with Gasteiger partial charge in [0.15, 0.2) is 11.6 Å². The third-order valence-corrected chi connectivity index (χ3v) is 16.4. The zero-order chi connectivity index (χ0) is 62.7. The summed E-state index contributed by atoms with van der Waals surface area (Å²) >= 11 is 0. The molecule has 0 aliphatic carbocycles. The summed E-state index contributed by atoms with van der Waals surface area (Å²) < 4.78 is 22.0. The number of cyclic esters (lactones) is 2. The maximum atomic E-state index is 14.9. The minimum absolute atomic E-state index is 0.0607. The van der Waals surface area contributed by atoms with E-state index in [0.717, 1.165) is 11.3 Å². The van der Waals surface area contributed by atoms with Gasteiger partial charge >= 0.3 is 47.8 Å². The summed E-state index contributed by atoms with van der Waals surface area (Å²) in [5, 5.41) is 36.1. The number of hydrogen-bond acceptors (Lipinski definition) is 16. The van der Waals surface area contributed by atoms with Crippen LogP contribution in [0.3, 0.4) is 0 Å². The number of carbonyl (C=O) groups excluding carboxylic acids is 8. The number of aliphatic carboxylic acids is 3. The molecule has 1 fully saturated rings. The van der Waals surface area contributed by atoms with Crippen LogP contribution in [0.15, 0.2) is 72.8 Å². The van der Waals surface area contributed by atoms with E-state index in [-0.39, 0.29) is 36.4 Å². The Morgan fingerprint density at radius 2 is 1.02 bits per heavy atom. The van der Waals surface area contributed by atoms with Gasteiger partial charge in [0, 0.05) is 36.5 Å². The molecule has 8 atom stereocenters. The lowest BCUT2D eigenvalue weighted by atomic mass is 9.58. The van der Waals surface area contributed by atoms with Gasteiger partial charge in [-0.05, 0) is 103 Å². The Morgan fingerprint density at radius 3 is 1.45 bits per heavy atom. The van der Waals surface area contributed by atoms with Crippen LogP contribution in [-0.2, 0) is 52.6 Å². The van der Waals surface area contributed by atoms with E-state index in [1.807, 2.05) is 25.9 Å². The third-order valence-electron chi connectivity index (χ3n) is 16.4. The monoisotopic (exact) mass is 1150 g/mol. The molecule has 0 bridgehead atoms. The van der Waals surface area contributed by atoms with Crippen LogP contribution in [0.1, 0.15) is 145 Å². The van der Waals surface area contributed by atoms with Crippen molar-refractivity contribution in [2.75, 3.05) is 38.8 Å². The molecule has 452 valence electrons. The number of esters is 5. The number of benzene rings is 3. The van der Waals surface area contributed by atoms with Crippen molar-refractivity contribution in [1.82, 2.24) is 5.32 Å². The highest BCUT2D eigenvalue weighted by Crippen LogP contribution is 2.52. The highest BCUT2D eigenvalue weighted by molar-refractivity contribution is 6.13. The Hall–Kier alpha value is -7.77. The molecule has 1 amide bonds. The van der Waals surface area contributed by atoms with Crippen molar-refractivity contribution >= 4 is 70.9 Å². The molecular weight excluding hydrogens is 1070 g/mol. The van der Waals surface area contributed by atoms with E-state index >= 15 is 0 Å². The van der Waals surface area contributed by atoms with E-state index < -0.39 is 167 Å². The van der Waals surface area contributed by atoms with Gasteiger partial charge in [0.25, 0.3) is 5.91 Å². The summed E-state index contributed by atoms with van der Waals surface area (Å²) in [6.07, 6.45) is -1.83. The number of carboxylic acid groups (broad SMARTS) is 3. The molecule has 20 nitrogen and oxygen atoms in total. The Kier molecular flexibility index (Phi) is 22.9. The van der Waals surface area contributed by atoms with Crippen LogP contribution in [0.25, 0.3) is 0 Å². The van der Waals surface area contributed by atoms with Crippen LogP contribution in [-0.4, -0.2) is 114 Å². The number of aryl methyl sites for hydroxylation is 1. The van der Waals surface area contributed by atoms with Crippen molar-refractivity contribution in [3.63, 3.8) is 0 Å². The van der Waals surface area contributed by atoms with Crippen LogP contribution in [0, 0.1) is 75.9 Å². The van der Waals surface area contributed by atoms with Crippen LogP contribution < -0.4 is 15.0 Å². The molecular formula is C63H82N2O18. The number of Topliss-reactive ketones (excluding diaryl/α,β-unsaturated/α-hetero) is 2. The molecule has 3 aromatic rings. The van der Waals surface area contributed by atoms with E-state index in [1.165, 1.54) is 65.8 Å². The van der Waals surface area contributed by atoms with Crippen molar-refractivity contribution in [3.05, 3.63) is 95.1 Å². The summed E-state index contributed by atoms with van der Waals surface area (Å²) in [7, 11) is 3.66. The summed E-state index contributed by atoms with van der Waals surface area (Å²) in [4.78, 5) is 152. The molecule has 8 unspecified atom stereocenters. The van der Waals surface area contributed by atoms with Crippen LogP contribution in [0.2, 0.25) is 0 Å². The van der Waals surface area contributed by atoms with Gasteiger partial charge in [-0.15, -0.1) is 0 Å². The molecule has 0 radical (unpaired) electrons. The zero-order valence-corrected chi connectivity index (χ0v) is 50.1. The number of ether oxygens (including phenoxy) is 4. The van der Waals surface area contributed by atoms with Gasteiger partial charge in [-0.2, -0.15) is 0 Å². The predicted octanol–water partition coefficient (Wildman–Crippen LogP) is 8.93. The molecule has 4 N–H and O–H groups in total. The second-order valence-corrected chi connectivity index (χ2v) is 24.6. The molecule has 0 spiro atoms. The fourth-order valence-electron chi connectivity index (χ4n) is 11.6. The number of amides is 1. The number of carbonyl (C=O) groups is 11. The fourth-order valence-corrected chi connectivity index (χ4v) is 11.6. The molecule has 0 saturated carbocycles. The van der Waals surface area contributed by atoms with E-state index in [2.05, 4.69) is 5.32 Å². The molecule has 3 aromatic carbocycles. The van der Waals surface area contributed by atoms with Crippen molar-refractivity contribution in [2.45, 2.75) is 115 Å². The van der Waals surface area contributed by atoms with E-state index in [1.54, 1.807) is 83.1 Å². The second kappa shape index (κ2) is 28.0. The van der Waals surface area contributed by atoms with Gasteiger partial charge < -0.3 is 44.5 Å². The SMILES string of the molecule is CCOC(=O)C(C(CC(C)(C)C1C(=O)OC(=O)C1C)C(=O)O)C(C)(C)CC(C(=O)O)C(C(=O)OCCNC(=O)c1ccc(N(C)C)cc1)C(C)(C)CC(C(=O)O)C(C(=O)Oc1ccc(C(=O)CC(=O)c2ccc(C)cc2)cc1)C(C)(C)CC. The minimum Gasteiger partial charge on any atom is -0.481 e.